The van der Waals surface area contributed by atoms with Crippen LogP contribution >= 0.6 is 0 Å². The maximum atomic E-state index is 12.0. The minimum atomic E-state index is -1.14. The summed E-state index contributed by atoms with van der Waals surface area (Å²) < 4.78 is 4.91. The number of hydrogen-bond acceptors (Lipinski definition) is 5. The lowest BCUT2D eigenvalue weighted by Gasteiger charge is -2.14. The van der Waals surface area contributed by atoms with Crippen molar-refractivity contribution in [1.29, 1.82) is 0 Å². The molecular formula is C16H20N2O5. The largest absolute Gasteiger partial charge is 0.480 e. The first-order chi connectivity index (χ1) is 11.0. The molecule has 23 heavy (non-hydrogen) atoms. The highest BCUT2D eigenvalue weighted by molar-refractivity contribution is 6.02. The molecule has 0 aliphatic rings. The monoisotopic (exact) mass is 320 g/mol. The Bertz CT molecular complexity index is 586. The highest BCUT2D eigenvalue weighted by Crippen LogP contribution is 2.16. The van der Waals surface area contributed by atoms with E-state index in [9.17, 15) is 14.4 Å². The number of carboxylic acid groups (broad SMARTS) is 1. The van der Waals surface area contributed by atoms with Gasteiger partial charge < -0.3 is 20.5 Å². The summed E-state index contributed by atoms with van der Waals surface area (Å²) in [7, 11) is 0. The Morgan fingerprint density at radius 2 is 2.04 bits per heavy atom. The molecule has 3 N–H and O–H groups in total. The van der Waals surface area contributed by atoms with Gasteiger partial charge in [0.2, 0.25) is 5.91 Å². The average molecular weight is 320 g/mol. The van der Waals surface area contributed by atoms with Crippen molar-refractivity contribution in [3.05, 3.63) is 42.5 Å². The molecule has 0 aliphatic carbocycles. The van der Waals surface area contributed by atoms with Crippen LogP contribution in [0.1, 0.15) is 23.7 Å². The fourth-order valence-corrected chi connectivity index (χ4v) is 1.84. The van der Waals surface area contributed by atoms with E-state index in [4.69, 9.17) is 9.84 Å². The summed E-state index contributed by atoms with van der Waals surface area (Å²) in [4.78, 5) is 35.0. The van der Waals surface area contributed by atoms with Gasteiger partial charge in [-0.1, -0.05) is 18.2 Å². The van der Waals surface area contributed by atoms with Crippen molar-refractivity contribution in [3.63, 3.8) is 0 Å². The zero-order valence-electron chi connectivity index (χ0n) is 12.9. The van der Waals surface area contributed by atoms with Gasteiger partial charge in [-0.3, -0.25) is 9.59 Å². The summed E-state index contributed by atoms with van der Waals surface area (Å²) in [6.07, 6.45) is 1.23. The highest BCUT2D eigenvalue weighted by Gasteiger charge is 2.21. The van der Waals surface area contributed by atoms with Crippen molar-refractivity contribution in [2.75, 3.05) is 18.5 Å². The summed E-state index contributed by atoms with van der Waals surface area (Å²) >= 11 is 0. The van der Waals surface area contributed by atoms with Crippen LogP contribution in [0.2, 0.25) is 0 Å². The topological polar surface area (TPSA) is 105 Å². The van der Waals surface area contributed by atoms with E-state index in [1.165, 1.54) is 12.1 Å². The Hall–Kier alpha value is -2.67. The van der Waals surface area contributed by atoms with E-state index in [0.29, 0.717) is 0 Å². The SMILES string of the molecule is C=CCNC(CC(=O)Nc1ccccc1C(=O)OCC)C(=O)O. The molecule has 0 fully saturated rings. The van der Waals surface area contributed by atoms with Crippen LogP contribution in [0.15, 0.2) is 36.9 Å². The van der Waals surface area contributed by atoms with Gasteiger partial charge in [0.05, 0.1) is 24.3 Å². The number of amides is 1. The van der Waals surface area contributed by atoms with Gasteiger partial charge in [-0.15, -0.1) is 6.58 Å². The molecule has 1 rings (SSSR count). The van der Waals surface area contributed by atoms with Crippen LogP contribution in [-0.2, 0) is 14.3 Å². The van der Waals surface area contributed by atoms with E-state index in [2.05, 4.69) is 17.2 Å². The molecule has 1 atom stereocenters. The summed E-state index contributed by atoms with van der Waals surface area (Å²) in [6, 6.07) is 5.34. The lowest BCUT2D eigenvalue weighted by atomic mass is 10.1. The molecule has 7 heteroatoms. The maximum absolute atomic E-state index is 12.0. The fourth-order valence-electron chi connectivity index (χ4n) is 1.84. The van der Waals surface area contributed by atoms with Crippen LogP contribution in [0.5, 0.6) is 0 Å². The second-order valence-corrected chi connectivity index (χ2v) is 4.61. The Morgan fingerprint density at radius 3 is 2.65 bits per heavy atom. The molecule has 124 valence electrons. The van der Waals surface area contributed by atoms with Crippen LogP contribution in [-0.4, -0.2) is 42.1 Å². The second-order valence-electron chi connectivity index (χ2n) is 4.61. The second kappa shape index (κ2) is 9.37. The number of carbonyl (C=O) groups is 3. The minimum absolute atomic E-state index is 0.216. The Morgan fingerprint density at radius 1 is 1.35 bits per heavy atom. The van der Waals surface area contributed by atoms with E-state index in [-0.39, 0.29) is 30.8 Å². The quantitative estimate of drug-likeness (QED) is 0.469. The first kappa shape index (κ1) is 18.4. The zero-order valence-corrected chi connectivity index (χ0v) is 12.9. The molecule has 0 saturated carbocycles. The molecule has 0 aliphatic heterocycles. The number of aliphatic carboxylic acids is 1. The highest BCUT2D eigenvalue weighted by atomic mass is 16.5. The van der Waals surface area contributed by atoms with Gasteiger partial charge >= 0.3 is 11.9 Å². The molecule has 0 saturated heterocycles. The van der Waals surface area contributed by atoms with Gasteiger partial charge in [-0.2, -0.15) is 0 Å². The molecule has 1 aromatic carbocycles. The third-order valence-corrected chi connectivity index (χ3v) is 2.89. The van der Waals surface area contributed by atoms with Gasteiger partial charge in [0, 0.05) is 6.54 Å². The van der Waals surface area contributed by atoms with E-state index in [1.807, 2.05) is 0 Å². The van der Waals surface area contributed by atoms with E-state index in [1.54, 1.807) is 25.1 Å². The average Bonchev–Trinajstić information content (AvgIpc) is 2.51. The Balaban J connectivity index is 2.78. The Labute approximate surface area is 134 Å². The normalized spacial score (nSPS) is 11.3. The van der Waals surface area contributed by atoms with Gasteiger partial charge in [-0.25, -0.2) is 4.79 Å². The van der Waals surface area contributed by atoms with Gasteiger partial charge in [-0.05, 0) is 19.1 Å². The fraction of sp³-hybridized carbons (Fsp3) is 0.312. The predicted molar refractivity (Wildman–Crippen MR) is 85.3 cm³/mol. The Kier molecular flexibility index (Phi) is 7.49. The number of nitrogens with one attached hydrogen (secondary N) is 2. The maximum Gasteiger partial charge on any atom is 0.340 e. The molecule has 1 aromatic rings. The van der Waals surface area contributed by atoms with E-state index >= 15 is 0 Å². The number of carboxylic acids is 1. The number of anilines is 1. The van der Waals surface area contributed by atoms with Crippen molar-refractivity contribution in [2.24, 2.45) is 0 Å². The number of esters is 1. The molecule has 0 aromatic heterocycles. The predicted octanol–water partition coefficient (Wildman–Crippen LogP) is 1.42. The number of hydrogen-bond donors (Lipinski definition) is 3. The molecule has 0 bridgehead atoms. The van der Waals surface area contributed by atoms with Crippen LogP contribution in [0, 0.1) is 0 Å². The van der Waals surface area contributed by atoms with Crippen LogP contribution < -0.4 is 10.6 Å². The number of ether oxygens (including phenoxy) is 1. The third-order valence-electron chi connectivity index (χ3n) is 2.89. The van der Waals surface area contributed by atoms with Crippen molar-refractivity contribution in [2.45, 2.75) is 19.4 Å². The molecule has 7 nitrogen and oxygen atoms in total. The van der Waals surface area contributed by atoms with Gasteiger partial charge in [0.15, 0.2) is 0 Å². The molecule has 0 radical (unpaired) electrons. The van der Waals surface area contributed by atoms with Crippen LogP contribution in [0.25, 0.3) is 0 Å². The van der Waals surface area contributed by atoms with Gasteiger partial charge in [0.25, 0.3) is 0 Å². The minimum Gasteiger partial charge on any atom is -0.480 e. The number of benzene rings is 1. The summed E-state index contributed by atoms with van der Waals surface area (Å²) in [6.45, 7) is 5.65. The summed E-state index contributed by atoms with van der Waals surface area (Å²) in [5.74, 6) is -2.21. The smallest absolute Gasteiger partial charge is 0.340 e. The van der Waals surface area contributed by atoms with E-state index in [0.717, 1.165) is 0 Å². The van der Waals surface area contributed by atoms with Crippen molar-refractivity contribution in [1.82, 2.24) is 5.32 Å². The van der Waals surface area contributed by atoms with Crippen molar-refractivity contribution >= 4 is 23.5 Å². The lowest BCUT2D eigenvalue weighted by molar-refractivity contribution is -0.141. The third kappa shape index (κ3) is 5.91. The summed E-state index contributed by atoms with van der Waals surface area (Å²) in [5.41, 5.74) is 0.498. The summed E-state index contributed by atoms with van der Waals surface area (Å²) in [5, 5.41) is 14.3. The van der Waals surface area contributed by atoms with E-state index < -0.39 is 23.9 Å². The van der Waals surface area contributed by atoms with Gasteiger partial charge in [0.1, 0.15) is 6.04 Å². The molecular weight excluding hydrogens is 300 g/mol. The zero-order chi connectivity index (χ0) is 17.2. The molecule has 1 amide bonds. The standard InChI is InChI=1S/C16H20N2O5/c1-3-9-17-13(15(20)21)10-14(19)18-12-8-6-5-7-11(12)16(22)23-4-2/h3,5-8,13,17H,1,4,9-10H2,2H3,(H,18,19)(H,20,21). The van der Waals surface area contributed by atoms with Crippen LogP contribution in [0.4, 0.5) is 5.69 Å². The molecule has 0 spiro atoms. The van der Waals surface area contributed by atoms with Crippen molar-refractivity contribution in [3.8, 4) is 0 Å². The van der Waals surface area contributed by atoms with Crippen molar-refractivity contribution < 1.29 is 24.2 Å². The number of para-hydroxylation sites is 1. The number of rotatable bonds is 9. The van der Waals surface area contributed by atoms with Crippen LogP contribution in [0.3, 0.4) is 0 Å². The number of carbonyl (C=O) groups excluding carboxylic acids is 2. The lowest BCUT2D eigenvalue weighted by Crippen LogP contribution is -2.39. The first-order valence-electron chi connectivity index (χ1n) is 7.12. The first-order valence-corrected chi connectivity index (χ1v) is 7.12. The molecule has 1 unspecified atom stereocenters. The molecule has 0 heterocycles.